The monoisotopic (exact) mass is 319 g/mol. The lowest BCUT2D eigenvalue weighted by atomic mass is 10.2. The third kappa shape index (κ3) is 5.25. The molecule has 21 heavy (non-hydrogen) atoms. The van der Waals surface area contributed by atoms with Crippen LogP contribution in [-0.4, -0.2) is 34.0 Å². The largest absolute Gasteiger partial charge is 0.292 e. The van der Waals surface area contributed by atoms with Gasteiger partial charge in [0.2, 0.25) is 0 Å². The van der Waals surface area contributed by atoms with Crippen molar-refractivity contribution in [3.63, 3.8) is 0 Å². The number of rotatable bonds is 7. The van der Waals surface area contributed by atoms with Crippen LogP contribution in [0.4, 0.5) is 0 Å². The van der Waals surface area contributed by atoms with Gasteiger partial charge in [0.15, 0.2) is 0 Å². The molecule has 1 aromatic carbocycles. The number of thioether (sulfide) groups is 1. The maximum Gasteiger partial charge on any atom is 0.0596 e. The van der Waals surface area contributed by atoms with Gasteiger partial charge >= 0.3 is 0 Å². The molecule has 1 aromatic heterocycles. The quantitative estimate of drug-likeness (QED) is 0.480. The molecule has 0 spiro atoms. The lowest BCUT2D eigenvalue weighted by Crippen LogP contribution is -2.05. The molecule has 112 valence electrons. The van der Waals surface area contributed by atoms with Gasteiger partial charge in [-0.25, -0.2) is 0 Å². The Kier molecular flexibility index (Phi) is 6.39. The Hall–Kier alpha value is -1.20. The fraction of sp³-hybridized carbons (Fsp3) is 0.375. The number of aliphatic imine (C=N–C) groups is 1. The number of aryl methyl sites for hydroxylation is 3. The summed E-state index contributed by atoms with van der Waals surface area (Å²) in [6, 6.07) is 10.1. The third-order valence-corrected chi connectivity index (χ3v) is 4.43. The van der Waals surface area contributed by atoms with Gasteiger partial charge in [0.1, 0.15) is 0 Å². The van der Waals surface area contributed by atoms with Crippen molar-refractivity contribution < 1.29 is 0 Å². The lowest BCUT2D eigenvalue weighted by Gasteiger charge is -2.03. The van der Waals surface area contributed by atoms with Crippen molar-refractivity contribution in [2.24, 2.45) is 4.99 Å². The number of benzene rings is 1. The third-order valence-electron chi connectivity index (χ3n) is 3.08. The summed E-state index contributed by atoms with van der Waals surface area (Å²) in [6.07, 6.45) is 1.91. The van der Waals surface area contributed by atoms with Gasteiger partial charge < -0.3 is 0 Å². The molecule has 0 aliphatic heterocycles. The van der Waals surface area contributed by atoms with Crippen molar-refractivity contribution in [2.45, 2.75) is 25.3 Å². The van der Waals surface area contributed by atoms with Crippen molar-refractivity contribution in [3.05, 3.63) is 47.3 Å². The van der Waals surface area contributed by atoms with Crippen molar-refractivity contribution in [1.29, 1.82) is 0 Å². The Morgan fingerprint density at radius 2 is 2.10 bits per heavy atom. The zero-order valence-electron chi connectivity index (χ0n) is 12.5. The van der Waals surface area contributed by atoms with Crippen LogP contribution in [0.1, 0.15) is 17.0 Å². The van der Waals surface area contributed by atoms with Crippen LogP contribution in [0.15, 0.2) is 40.2 Å². The van der Waals surface area contributed by atoms with E-state index in [-0.39, 0.29) is 0 Å². The minimum absolute atomic E-state index is 0.837. The number of hydrogen-bond donors (Lipinski definition) is 1. The first-order valence-electron chi connectivity index (χ1n) is 7.03. The van der Waals surface area contributed by atoms with Gasteiger partial charge in [-0.05, 0) is 26.0 Å². The Morgan fingerprint density at radius 3 is 2.81 bits per heavy atom. The Balaban J connectivity index is 1.64. The molecule has 0 amide bonds. The van der Waals surface area contributed by atoms with Gasteiger partial charge in [0.05, 0.1) is 12.2 Å². The molecule has 5 heteroatoms. The van der Waals surface area contributed by atoms with Crippen LogP contribution in [0.2, 0.25) is 0 Å². The number of aromatic nitrogens is 2. The summed E-state index contributed by atoms with van der Waals surface area (Å²) < 4.78 is 2.07. The highest BCUT2D eigenvalue weighted by Crippen LogP contribution is 2.10. The highest BCUT2D eigenvalue weighted by atomic mass is 32.2. The normalized spacial score (nSPS) is 11.4. The molecule has 0 saturated heterocycles. The second-order valence-electron chi connectivity index (χ2n) is 4.86. The zero-order chi connectivity index (χ0) is 15.1. The van der Waals surface area contributed by atoms with E-state index in [2.05, 4.69) is 40.4 Å². The number of thiol groups is 1. The van der Waals surface area contributed by atoms with E-state index in [9.17, 15) is 0 Å². The van der Waals surface area contributed by atoms with Crippen molar-refractivity contribution >= 4 is 30.6 Å². The van der Waals surface area contributed by atoms with E-state index < -0.39 is 0 Å². The molecule has 0 saturated carbocycles. The Morgan fingerprint density at radius 1 is 1.29 bits per heavy atom. The van der Waals surface area contributed by atoms with E-state index in [1.165, 1.54) is 5.69 Å². The summed E-state index contributed by atoms with van der Waals surface area (Å²) in [5.41, 5.74) is 3.40. The molecule has 0 aliphatic carbocycles. The van der Waals surface area contributed by atoms with E-state index in [0.29, 0.717) is 0 Å². The fourth-order valence-corrected chi connectivity index (χ4v) is 2.99. The van der Waals surface area contributed by atoms with Gasteiger partial charge in [-0.2, -0.15) is 16.9 Å². The van der Waals surface area contributed by atoms with Crippen molar-refractivity contribution in [3.8, 4) is 0 Å². The first-order valence-corrected chi connectivity index (χ1v) is 8.63. The van der Waals surface area contributed by atoms with Crippen molar-refractivity contribution in [2.75, 3.05) is 18.1 Å². The smallest absolute Gasteiger partial charge is 0.0596 e. The summed E-state index contributed by atoms with van der Waals surface area (Å²) in [7, 11) is 0. The topological polar surface area (TPSA) is 30.2 Å². The second kappa shape index (κ2) is 8.29. The average molecular weight is 319 g/mol. The summed E-state index contributed by atoms with van der Waals surface area (Å²) in [5, 5.41) is 4.46. The molecular formula is C16H21N3S2. The van der Waals surface area contributed by atoms with Crippen LogP contribution in [0.25, 0.3) is 0 Å². The van der Waals surface area contributed by atoms with E-state index in [1.807, 2.05) is 49.2 Å². The van der Waals surface area contributed by atoms with Gasteiger partial charge in [0.25, 0.3) is 0 Å². The van der Waals surface area contributed by atoms with E-state index in [0.717, 1.165) is 40.7 Å². The highest BCUT2D eigenvalue weighted by molar-refractivity contribution is 7.99. The van der Waals surface area contributed by atoms with Crippen molar-refractivity contribution in [1.82, 2.24) is 9.78 Å². The van der Waals surface area contributed by atoms with Crippen LogP contribution >= 0.6 is 24.4 Å². The van der Waals surface area contributed by atoms with Crippen LogP contribution < -0.4 is 0 Å². The molecule has 2 rings (SSSR count). The Bertz CT molecular complexity index is 605. The maximum absolute atomic E-state index is 4.46. The summed E-state index contributed by atoms with van der Waals surface area (Å²) in [6.45, 7) is 5.94. The fourth-order valence-electron chi connectivity index (χ4n) is 2.03. The van der Waals surface area contributed by atoms with Crippen LogP contribution in [0, 0.1) is 13.8 Å². The van der Waals surface area contributed by atoms with Crippen LogP contribution in [0.5, 0.6) is 0 Å². The minimum atomic E-state index is 0.837. The summed E-state index contributed by atoms with van der Waals surface area (Å²) in [5.74, 6) is 2.10. The molecule has 1 heterocycles. The number of hydrogen-bond acceptors (Lipinski definition) is 4. The lowest BCUT2D eigenvalue weighted by molar-refractivity contribution is 0.640. The summed E-state index contributed by atoms with van der Waals surface area (Å²) in [4.78, 5) is 5.42. The molecule has 0 aliphatic rings. The molecule has 0 fully saturated rings. The molecule has 0 radical (unpaired) electrons. The summed E-state index contributed by atoms with van der Waals surface area (Å²) >= 11 is 6.31. The van der Waals surface area contributed by atoms with Gasteiger partial charge in [0, 0.05) is 40.4 Å². The minimum Gasteiger partial charge on any atom is -0.292 e. The highest BCUT2D eigenvalue weighted by Gasteiger charge is 1.99. The SMILES string of the molecule is Cc1cc(C)n(CCSCCN=Cc2ccccc2S)n1. The molecule has 0 unspecified atom stereocenters. The molecule has 0 bridgehead atoms. The standard InChI is InChI=1S/C16H21N3S2/c1-13-11-14(2)19(18-13)8-10-21-9-7-17-12-15-5-3-4-6-16(15)20/h3-6,11-12,20H,7-10H2,1-2H3. The maximum atomic E-state index is 4.46. The molecule has 2 aromatic rings. The van der Waals surface area contributed by atoms with Gasteiger partial charge in [-0.1, -0.05) is 18.2 Å². The average Bonchev–Trinajstić information content (AvgIpc) is 2.78. The van der Waals surface area contributed by atoms with Gasteiger partial charge in [-0.15, -0.1) is 12.6 Å². The molecule has 0 atom stereocenters. The van der Waals surface area contributed by atoms with Gasteiger partial charge in [-0.3, -0.25) is 9.67 Å². The Labute approximate surface area is 136 Å². The van der Waals surface area contributed by atoms with E-state index in [4.69, 9.17) is 0 Å². The first-order chi connectivity index (χ1) is 10.2. The van der Waals surface area contributed by atoms with Crippen LogP contribution in [0.3, 0.4) is 0 Å². The molecule has 0 N–H and O–H groups in total. The number of nitrogens with zero attached hydrogens (tertiary/aromatic N) is 3. The predicted molar refractivity (Wildman–Crippen MR) is 95.2 cm³/mol. The predicted octanol–water partition coefficient (Wildman–Crippen LogP) is 3.64. The molecule has 3 nitrogen and oxygen atoms in total. The second-order valence-corrected chi connectivity index (χ2v) is 6.56. The molecular weight excluding hydrogens is 298 g/mol. The van der Waals surface area contributed by atoms with Crippen LogP contribution in [-0.2, 0) is 6.54 Å². The zero-order valence-corrected chi connectivity index (χ0v) is 14.2. The first kappa shape index (κ1) is 16.2. The van der Waals surface area contributed by atoms with E-state index >= 15 is 0 Å². The van der Waals surface area contributed by atoms with E-state index in [1.54, 1.807) is 0 Å².